The quantitative estimate of drug-likeness (QED) is 0.180. The molecule has 0 saturated carbocycles. The van der Waals surface area contributed by atoms with Gasteiger partial charge in [-0.25, -0.2) is 4.79 Å². The summed E-state index contributed by atoms with van der Waals surface area (Å²) in [7, 11) is 2.84. The summed E-state index contributed by atoms with van der Waals surface area (Å²) in [5, 5.41) is 25.5. The Bertz CT molecular complexity index is 1430. The minimum absolute atomic E-state index is 0.0186. The summed E-state index contributed by atoms with van der Waals surface area (Å²) < 4.78 is 21.8. The topological polar surface area (TPSA) is 146 Å². The Morgan fingerprint density at radius 1 is 1.12 bits per heavy atom. The number of benzene rings is 2. The SMILES string of the molecule is COc1ccccc1C1CC(=O)C2=C(C1)NC(C)=C(C(=O)OCCOC(C)C)C2c1cc(OC)c(O)c([N+](=O)[O-])c1. The van der Waals surface area contributed by atoms with Crippen molar-refractivity contribution in [3.05, 3.63) is 80.2 Å². The number of ether oxygens (including phenoxy) is 4. The van der Waals surface area contributed by atoms with Crippen LogP contribution >= 0.6 is 0 Å². The molecule has 1 heterocycles. The molecular formula is C30H34N2O9. The van der Waals surface area contributed by atoms with Gasteiger partial charge in [0.1, 0.15) is 12.4 Å². The molecule has 2 aromatic carbocycles. The monoisotopic (exact) mass is 566 g/mol. The number of nitro groups is 1. The van der Waals surface area contributed by atoms with E-state index in [2.05, 4.69) is 5.32 Å². The normalized spacial score (nSPS) is 18.6. The Morgan fingerprint density at radius 3 is 2.49 bits per heavy atom. The number of carbonyl (C=O) groups excluding carboxylic acids is 2. The van der Waals surface area contributed by atoms with Gasteiger partial charge in [-0.2, -0.15) is 0 Å². The number of dihydropyridines is 1. The van der Waals surface area contributed by atoms with Crippen molar-refractivity contribution in [2.75, 3.05) is 27.4 Å². The molecule has 11 nitrogen and oxygen atoms in total. The molecule has 41 heavy (non-hydrogen) atoms. The highest BCUT2D eigenvalue weighted by Crippen LogP contribution is 2.49. The third-order valence-corrected chi connectivity index (χ3v) is 7.22. The number of nitrogens with one attached hydrogen (secondary N) is 1. The van der Waals surface area contributed by atoms with Crippen molar-refractivity contribution in [1.29, 1.82) is 0 Å². The summed E-state index contributed by atoms with van der Waals surface area (Å²) in [5.41, 5.74) is 2.03. The van der Waals surface area contributed by atoms with Crippen molar-refractivity contribution < 1.29 is 38.6 Å². The van der Waals surface area contributed by atoms with Crippen LogP contribution in [0.4, 0.5) is 5.69 Å². The number of hydrogen-bond donors (Lipinski definition) is 2. The van der Waals surface area contributed by atoms with E-state index in [0.29, 0.717) is 29.1 Å². The van der Waals surface area contributed by atoms with Gasteiger partial charge in [-0.15, -0.1) is 0 Å². The highest BCUT2D eigenvalue weighted by atomic mass is 16.6. The standard InChI is InChI=1S/C30H34N2O9/c1-16(2)40-10-11-41-30(35)26-17(3)31-21-12-18(20-8-6-7-9-24(20)38-4)14-23(33)28(21)27(26)19-13-22(32(36)37)29(34)25(15-19)39-5/h6-9,13,15-16,18,27,31,34H,10-12,14H2,1-5H3. The number of esters is 1. The first-order valence-electron chi connectivity index (χ1n) is 13.3. The largest absolute Gasteiger partial charge is 0.500 e. The molecule has 0 bridgehead atoms. The molecular weight excluding hydrogens is 532 g/mol. The number of phenols is 1. The first-order chi connectivity index (χ1) is 19.6. The fraction of sp³-hybridized carbons (Fsp3) is 0.400. The predicted molar refractivity (Wildman–Crippen MR) is 149 cm³/mol. The van der Waals surface area contributed by atoms with Crippen LogP contribution in [0.3, 0.4) is 0 Å². The highest BCUT2D eigenvalue weighted by molar-refractivity contribution is 6.04. The molecule has 0 fully saturated rings. The second kappa shape index (κ2) is 12.4. The van der Waals surface area contributed by atoms with Gasteiger partial charge in [0.05, 0.1) is 37.4 Å². The molecule has 4 rings (SSSR count). The van der Waals surface area contributed by atoms with Crippen molar-refractivity contribution in [1.82, 2.24) is 5.32 Å². The number of nitro benzene ring substituents is 1. The van der Waals surface area contributed by atoms with Gasteiger partial charge in [-0.05, 0) is 50.5 Å². The van der Waals surface area contributed by atoms with Crippen LogP contribution in [0, 0.1) is 10.1 Å². The number of carbonyl (C=O) groups is 2. The minimum Gasteiger partial charge on any atom is -0.500 e. The second-order valence-corrected chi connectivity index (χ2v) is 10.2. The minimum atomic E-state index is -0.996. The maximum absolute atomic E-state index is 13.9. The van der Waals surface area contributed by atoms with Gasteiger partial charge in [0.15, 0.2) is 11.5 Å². The predicted octanol–water partition coefficient (Wildman–Crippen LogP) is 4.65. The number of para-hydroxylation sites is 1. The number of methoxy groups -OCH3 is 2. The van der Waals surface area contributed by atoms with Crippen molar-refractivity contribution in [2.45, 2.75) is 51.6 Å². The molecule has 2 unspecified atom stereocenters. The molecule has 2 aliphatic rings. The highest BCUT2D eigenvalue weighted by Gasteiger charge is 2.43. The lowest BCUT2D eigenvalue weighted by Gasteiger charge is -2.37. The smallest absolute Gasteiger partial charge is 0.336 e. The fourth-order valence-corrected chi connectivity index (χ4v) is 5.44. The lowest BCUT2D eigenvalue weighted by Crippen LogP contribution is -2.36. The van der Waals surface area contributed by atoms with E-state index in [0.717, 1.165) is 5.56 Å². The summed E-state index contributed by atoms with van der Waals surface area (Å²) in [4.78, 5) is 38.5. The average molecular weight is 567 g/mol. The van der Waals surface area contributed by atoms with Crippen molar-refractivity contribution in [2.24, 2.45) is 0 Å². The van der Waals surface area contributed by atoms with E-state index in [1.165, 1.54) is 19.2 Å². The molecule has 11 heteroatoms. The Morgan fingerprint density at radius 2 is 1.83 bits per heavy atom. The Labute approximate surface area is 237 Å². The second-order valence-electron chi connectivity index (χ2n) is 10.2. The summed E-state index contributed by atoms with van der Waals surface area (Å²) in [6.45, 7) is 5.58. The van der Waals surface area contributed by atoms with Crippen LogP contribution < -0.4 is 14.8 Å². The lowest BCUT2D eigenvalue weighted by molar-refractivity contribution is -0.386. The molecule has 218 valence electrons. The van der Waals surface area contributed by atoms with Gasteiger partial charge < -0.3 is 29.4 Å². The van der Waals surface area contributed by atoms with Gasteiger partial charge in [0.2, 0.25) is 5.75 Å². The van der Waals surface area contributed by atoms with Crippen molar-refractivity contribution in [3.63, 3.8) is 0 Å². The van der Waals surface area contributed by atoms with E-state index < -0.39 is 28.2 Å². The van der Waals surface area contributed by atoms with Crippen molar-refractivity contribution in [3.8, 4) is 17.2 Å². The maximum atomic E-state index is 13.9. The van der Waals surface area contributed by atoms with Gasteiger partial charge in [0, 0.05) is 41.3 Å². The van der Waals surface area contributed by atoms with Crippen LogP contribution in [0.2, 0.25) is 0 Å². The summed E-state index contributed by atoms with van der Waals surface area (Å²) in [6, 6.07) is 10.1. The van der Waals surface area contributed by atoms with Gasteiger partial charge in [-0.3, -0.25) is 14.9 Å². The first-order valence-corrected chi connectivity index (χ1v) is 13.3. The van der Waals surface area contributed by atoms with Crippen LogP contribution in [0.5, 0.6) is 17.2 Å². The molecule has 2 atom stereocenters. The summed E-state index contributed by atoms with van der Waals surface area (Å²) in [6.07, 6.45) is 0.530. The van der Waals surface area contributed by atoms with Crippen molar-refractivity contribution >= 4 is 17.4 Å². The average Bonchev–Trinajstić information content (AvgIpc) is 2.94. The number of hydrogen-bond acceptors (Lipinski definition) is 10. The zero-order valence-electron chi connectivity index (χ0n) is 23.7. The van der Waals surface area contributed by atoms with Crippen LogP contribution in [0.15, 0.2) is 58.9 Å². The maximum Gasteiger partial charge on any atom is 0.336 e. The number of phenolic OH excluding ortho intramolecular Hbond substituents is 1. The molecule has 0 amide bonds. The Balaban J connectivity index is 1.82. The summed E-state index contributed by atoms with van der Waals surface area (Å²) in [5.74, 6) is -2.23. The molecule has 2 aromatic rings. The van der Waals surface area contributed by atoms with Crippen LogP contribution in [0.25, 0.3) is 0 Å². The van der Waals surface area contributed by atoms with Crippen LogP contribution in [-0.2, 0) is 19.1 Å². The molecule has 0 aromatic heterocycles. The van der Waals surface area contributed by atoms with E-state index >= 15 is 0 Å². The number of rotatable bonds is 10. The number of aromatic hydroxyl groups is 1. The molecule has 1 aliphatic carbocycles. The third-order valence-electron chi connectivity index (χ3n) is 7.22. The number of allylic oxidation sites excluding steroid dienone is 3. The zero-order valence-corrected chi connectivity index (χ0v) is 23.7. The molecule has 2 N–H and O–H groups in total. The van der Waals surface area contributed by atoms with E-state index in [1.807, 2.05) is 38.1 Å². The third kappa shape index (κ3) is 6.04. The van der Waals surface area contributed by atoms with E-state index in [9.17, 15) is 24.8 Å². The number of Topliss-reactive ketones (excluding diaryl/α,β-unsaturated/α-hetero) is 1. The number of nitrogens with zero attached hydrogens (tertiary/aromatic N) is 1. The van der Waals surface area contributed by atoms with E-state index in [1.54, 1.807) is 14.0 Å². The van der Waals surface area contributed by atoms with Crippen LogP contribution in [0.1, 0.15) is 56.6 Å². The molecule has 1 aliphatic heterocycles. The fourth-order valence-electron chi connectivity index (χ4n) is 5.44. The lowest BCUT2D eigenvalue weighted by atomic mass is 9.71. The van der Waals surface area contributed by atoms with E-state index in [4.69, 9.17) is 18.9 Å². The number of ketones is 1. The molecule has 0 radical (unpaired) electrons. The van der Waals surface area contributed by atoms with Gasteiger partial charge in [-0.1, -0.05) is 18.2 Å². The van der Waals surface area contributed by atoms with Gasteiger partial charge in [0.25, 0.3) is 0 Å². The van der Waals surface area contributed by atoms with Gasteiger partial charge >= 0.3 is 11.7 Å². The molecule has 0 saturated heterocycles. The molecule has 0 spiro atoms. The van der Waals surface area contributed by atoms with Crippen LogP contribution in [-0.4, -0.2) is 55.3 Å². The Hall–Kier alpha value is -4.38. The summed E-state index contributed by atoms with van der Waals surface area (Å²) >= 11 is 0. The first kappa shape index (κ1) is 29.6. The zero-order chi connectivity index (χ0) is 29.8. The Kier molecular flexibility index (Phi) is 8.97. The van der Waals surface area contributed by atoms with E-state index in [-0.39, 0.29) is 54.3 Å².